The summed E-state index contributed by atoms with van der Waals surface area (Å²) >= 11 is 0. The molecule has 3 rings (SSSR count). The Labute approximate surface area is 105 Å². The fourth-order valence-corrected chi connectivity index (χ4v) is 1.93. The average molecular weight is 241 g/mol. The molecule has 0 saturated heterocycles. The van der Waals surface area contributed by atoms with Crippen LogP contribution in [0.2, 0.25) is 0 Å². The number of imidazole rings is 1. The van der Waals surface area contributed by atoms with Crippen molar-refractivity contribution in [2.45, 2.75) is 19.9 Å². The van der Waals surface area contributed by atoms with Gasteiger partial charge in [-0.1, -0.05) is 0 Å². The van der Waals surface area contributed by atoms with Gasteiger partial charge in [-0.15, -0.1) is 0 Å². The molecule has 0 saturated carbocycles. The van der Waals surface area contributed by atoms with Gasteiger partial charge >= 0.3 is 0 Å². The highest BCUT2D eigenvalue weighted by Gasteiger charge is 2.07. The van der Waals surface area contributed by atoms with Crippen LogP contribution in [0.15, 0.2) is 31.0 Å². The number of rotatable bonds is 2. The maximum absolute atomic E-state index is 4.47. The Balaban J connectivity index is 2.07. The number of hydrogen-bond donors (Lipinski definition) is 0. The predicted octanol–water partition coefficient (Wildman–Crippen LogP) is 2.41. The van der Waals surface area contributed by atoms with Crippen molar-refractivity contribution >= 4 is 11.0 Å². The molecule has 0 aliphatic rings. The third kappa shape index (κ3) is 1.68. The molecule has 0 spiro atoms. The summed E-state index contributed by atoms with van der Waals surface area (Å²) in [5, 5.41) is 4.33. The molecule has 0 aliphatic heterocycles. The topological polar surface area (TPSA) is 48.5 Å². The summed E-state index contributed by atoms with van der Waals surface area (Å²) in [6.07, 6.45) is 7.51. The van der Waals surface area contributed by atoms with Crippen LogP contribution in [0.3, 0.4) is 0 Å². The van der Waals surface area contributed by atoms with Gasteiger partial charge in [-0.25, -0.2) is 4.98 Å². The molecule has 92 valence electrons. The van der Waals surface area contributed by atoms with E-state index in [9.17, 15) is 0 Å². The van der Waals surface area contributed by atoms with E-state index in [2.05, 4.69) is 28.9 Å². The Morgan fingerprint density at radius 1 is 1.17 bits per heavy atom. The largest absolute Gasteiger partial charge is 0.332 e. The van der Waals surface area contributed by atoms with Crippen molar-refractivity contribution in [3.8, 4) is 11.3 Å². The standard InChI is InChI=1S/C13H15N5/c1-9(2)18-7-10(5-16-18)11-4-12-13(6-14-11)17(3)8-15-12/h4-9H,1-3H3. The zero-order valence-electron chi connectivity index (χ0n) is 10.7. The van der Waals surface area contributed by atoms with Gasteiger partial charge in [0, 0.05) is 24.8 Å². The smallest absolute Gasteiger partial charge is 0.0956 e. The molecule has 0 unspecified atom stereocenters. The molecule has 0 atom stereocenters. The van der Waals surface area contributed by atoms with Gasteiger partial charge in [0.2, 0.25) is 0 Å². The van der Waals surface area contributed by atoms with E-state index in [4.69, 9.17) is 0 Å². The third-order valence-electron chi connectivity index (χ3n) is 3.04. The molecule has 5 nitrogen and oxygen atoms in total. The van der Waals surface area contributed by atoms with E-state index in [1.165, 1.54) is 0 Å². The zero-order valence-corrected chi connectivity index (χ0v) is 10.7. The van der Waals surface area contributed by atoms with E-state index in [0.29, 0.717) is 6.04 Å². The number of nitrogens with zero attached hydrogens (tertiary/aromatic N) is 5. The highest BCUT2D eigenvalue weighted by molar-refractivity contribution is 5.78. The molecule has 3 heterocycles. The van der Waals surface area contributed by atoms with E-state index >= 15 is 0 Å². The van der Waals surface area contributed by atoms with Crippen molar-refractivity contribution in [3.05, 3.63) is 31.0 Å². The number of fused-ring (bicyclic) bond motifs is 1. The molecule has 18 heavy (non-hydrogen) atoms. The SMILES string of the molecule is CC(C)n1cc(-c2cc3ncn(C)c3cn2)cn1. The van der Waals surface area contributed by atoms with Crippen LogP contribution >= 0.6 is 0 Å². The second kappa shape index (κ2) is 3.94. The Bertz CT molecular complexity index is 692. The van der Waals surface area contributed by atoms with Crippen LogP contribution in [-0.4, -0.2) is 24.3 Å². The van der Waals surface area contributed by atoms with E-state index < -0.39 is 0 Å². The van der Waals surface area contributed by atoms with E-state index in [-0.39, 0.29) is 0 Å². The van der Waals surface area contributed by atoms with Crippen molar-refractivity contribution in [2.75, 3.05) is 0 Å². The van der Waals surface area contributed by atoms with Gasteiger partial charge in [-0.05, 0) is 19.9 Å². The number of hydrogen-bond acceptors (Lipinski definition) is 3. The minimum Gasteiger partial charge on any atom is -0.332 e. The maximum atomic E-state index is 4.47. The van der Waals surface area contributed by atoms with Crippen LogP contribution in [-0.2, 0) is 7.05 Å². The monoisotopic (exact) mass is 241 g/mol. The first-order chi connectivity index (χ1) is 8.65. The summed E-state index contributed by atoms with van der Waals surface area (Å²) in [7, 11) is 1.97. The van der Waals surface area contributed by atoms with Gasteiger partial charge in [0.1, 0.15) is 0 Å². The number of aryl methyl sites for hydroxylation is 1. The second-order valence-electron chi connectivity index (χ2n) is 4.72. The van der Waals surface area contributed by atoms with Crippen molar-refractivity contribution in [2.24, 2.45) is 7.05 Å². The average Bonchev–Trinajstić information content (AvgIpc) is 2.96. The molecule has 0 bridgehead atoms. The molecular weight excluding hydrogens is 226 g/mol. The Hall–Kier alpha value is -2.17. The van der Waals surface area contributed by atoms with E-state index in [1.807, 2.05) is 41.0 Å². The van der Waals surface area contributed by atoms with E-state index in [1.54, 1.807) is 6.33 Å². The van der Waals surface area contributed by atoms with Gasteiger partial charge in [-0.2, -0.15) is 5.10 Å². The quantitative estimate of drug-likeness (QED) is 0.692. The fraction of sp³-hybridized carbons (Fsp3) is 0.308. The second-order valence-corrected chi connectivity index (χ2v) is 4.72. The molecule has 0 amide bonds. The Kier molecular flexibility index (Phi) is 2.40. The summed E-state index contributed by atoms with van der Waals surface area (Å²) in [5.41, 5.74) is 3.93. The molecule has 0 aliphatic carbocycles. The summed E-state index contributed by atoms with van der Waals surface area (Å²) in [6.45, 7) is 4.21. The van der Waals surface area contributed by atoms with Gasteiger partial charge < -0.3 is 4.57 Å². The highest BCUT2D eigenvalue weighted by Crippen LogP contribution is 2.21. The van der Waals surface area contributed by atoms with Crippen molar-refractivity contribution in [3.63, 3.8) is 0 Å². The lowest BCUT2D eigenvalue weighted by molar-refractivity contribution is 0.532. The van der Waals surface area contributed by atoms with Gasteiger partial charge in [0.15, 0.2) is 0 Å². The first kappa shape index (κ1) is 11.0. The lowest BCUT2D eigenvalue weighted by Gasteiger charge is -2.03. The molecule has 0 radical (unpaired) electrons. The third-order valence-corrected chi connectivity index (χ3v) is 3.04. The van der Waals surface area contributed by atoms with Crippen LogP contribution in [0.25, 0.3) is 22.3 Å². The van der Waals surface area contributed by atoms with E-state index in [0.717, 1.165) is 22.3 Å². The fourth-order valence-electron chi connectivity index (χ4n) is 1.93. The highest BCUT2D eigenvalue weighted by atomic mass is 15.3. The summed E-state index contributed by atoms with van der Waals surface area (Å²) in [6, 6.07) is 2.36. The first-order valence-corrected chi connectivity index (χ1v) is 5.97. The van der Waals surface area contributed by atoms with Crippen LogP contribution in [0.5, 0.6) is 0 Å². The number of pyridine rings is 1. The van der Waals surface area contributed by atoms with Gasteiger partial charge in [0.05, 0.1) is 35.4 Å². The zero-order chi connectivity index (χ0) is 12.7. The maximum Gasteiger partial charge on any atom is 0.0956 e. The Morgan fingerprint density at radius 3 is 2.72 bits per heavy atom. The molecule has 3 aromatic heterocycles. The summed E-state index contributed by atoms with van der Waals surface area (Å²) < 4.78 is 3.89. The van der Waals surface area contributed by atoms with Crippen LogP contribution in [0, 0.1) is 0 Å². The normalized spacial score (nSPS) is 11.6. The summed E-state index contributed by atoms with van der Waals surface area (Å²) in [5.74, 6) is 0. The van der Waals surface area contributed by atoms with Crippen molar-refractivity contribution in [1.82, 2.24) is 24.3 Å². The Morgan fingerprint density at radius 2 is 2.00 bits per heavy atom. The number of aromatic nitrogens is 5. The van der Waals surface area contributed by atoms with Crippen LogP contribution < -0.4 is 0 Å². The lowest BCUT2D eigenvalue weighted by atomic mass is 10.2. The van der Waals surface area contributed by atoms with Gasteiger partial charge in [-0.3, -0.25) is 9.67 Å². The summed E-state index contributed by atoms with van der Waals surface area (Å²) in [4.78, 5) is 8.81. The van der Waals surface area contributed by atoms with Crippen molar-refractivity contribution < 1.29 is 0 Å². The van der Waals surface area contributed by atoms with Crippen LogP contribution in [0.4, 0.5) is 0 Å². The molecule has 0 N–H and O–H groups in total. The molecule has 5 heteroatoms. The molecule has 3 aromatic rings. The van der Waals surface area contributed by atoms with Gasteiger partial charge in [0.25, 0.3) is 0 Å². The van der Waals surface area contributed by atoms with Crippen LogP contribution in [0.1, 0.15) is 19.9 Å². The molecular formula is C13H15N5. The lowest BCUT2D eigenvalue weighted by Crippen LogP contribution is -1.99. The molecule has 0 aromatic carbocycles. The first-order valence-electron chi connectivity index (χ1n) is 5.97. The molecule has 0 fully saturated rings. The predicted molar refractivity (Wildman–Crippen MR) is 70.1 cm³/mol. The van der Waals surface area contributed by atoms with Crippen molar-refractivity contribution in [1.29, 1.82) is 0 Å². The minimum atomic E-state index is 0.359. The minimum absolute atomic E-state index is 0.359.